The van der Waals surface area contributed by atoms with Gasteiger partial charge in [0.1, 0.15) is 0 Å². The molecule has 2 aromatic rings. The smallest absolute Gasteiger partial charge is 0.0667 e. The first-order valence-electron chi connectivity index (χ1n) is 6.81. The summed E-state index contributed by atoms with van der Waals surface area (Å²) in [5, 5.41) is 7.78. The van der Waals surface area contributed by atoms with Gasteiger partial charge in [-0.3, -0.25) is 4.68 Å². The van der Waals surface area contributed by atoms with E-state index in [1.54, 1.807) is 0 Å². The number of nitrogens with one attached hydrogen (secondary N) is 1. The van der Waals surface area contributed by atoms with Crippen molar-refractivity contribution in [1.29, 1.82) is 0 Å². The van der Waals surface area contributed by atoms with Crippen LogP contribution in [0.25, 0.3) is 0 Å². The molecule has 0 bridgehead atoms. The van der Waals surface area contributed by atoms with Gasteiger partial charge in [-0.2, -0.15) is 5.10 Å². The Bertz CT molecular complexity index is 504. The Morgan fingerprint density at radius 2 is 2.37 bits per heavy atom. The topological polar surface area (TPSA) is 39.1 Å². The number of rotatable bonds is 4. The van der Waals surface area contributed by atoms with Crippen molar-refractivity contribution in [2.45, 2.75) is 25.4 Å². The summed E-state index contributed by atoms with van der Waals surface area (Å²) in [5.41, 5.74) is 2.42. The van der Waals surface area contributed by atoms with E-state index in [0.717, 1.165) is 26.2 Å². The van der Waals surface area contributed by atoms with Crippen molar-refractivity contribution in [3.63, 3.8) is 0 Å². The van der Waals surface area contributed by atoms with E-state index in [2.05, 4.69) is 34.7 Å². The Kier molecular flexibility index (Phi) is 3.79. The molecule has 0 saturated carbocycles. The second-order valence-corrected chi connectivity index (χ2v) is 4.96. The van der Waals surface area contributed by atoms with Crippen molar-refractivity contribution in [3.05, 3.63) is 48.3 Å². The van der Waals surface area contributed by atoms with Gasteiger partial charge in [-0.15, -0.1) is 0 Å². The van der Waals surface area contributed by atoms with Crippen molar-refractivity contribution in [2.75, 3.05) is 18.5 Å². The molecule has 1 fully saturated rings. The second-order valence-electron chi connectivity index (χ2n) is 4.96. The molecule has 1 saturated heterocycles. The molecule has 3 rings (SSSR count). The minimum Gasteiger partial charge on any atom is -0.380 e. The van der Waals surface area contributed by atoms with E-state index in [1.165, 1.54) is 17.7 Å². The van der Waals surface area contributed by atoms with Gasteiger partial charge in [0, 0.05) is 30.7 Å². The molecule has 1 atom stereocenters. The first-order valence-corrected chi connectivity index (χ1v) is 6.81. The second kappa shape index (κ2) is 5.89. The zero-order valence-corrected chi connectivity index (χ0v) is 11.0. The normalized spacial score (nSPS) is 19.3. The van der Waals surface area contributed by atoms with Gasteiger partial charge in [0.05, 0.1) is 13.2 Å². The molecule has 1 aromatic heterocycles. The Labute approximate surface area is 113 Å². The van der Waals surface area contributed by atoms with E-state index in [1.807, 2.05) is 23.1 Å². The summed E-state index contributed by atoms with van der Waals surface area (Å²) in [4.78, 5) is 0. The zero-order chi connectivity index (χ0) is 12.9. The fourth-order valence-electron chi connectivity index (χ4n) is 2.43. The standard InChI is InChI=1S/C15H19N3O/c1-4-13(11-18-8-3-7-16-18)10-14(5-1)17-15-6-2-9-19-12-15/h1,3-5,7-8,10,15,17H,2,6,9,11-12H2. The van der Waals surface area contributed by atoms with Gasteiger partial charge in [-0.05, 0) is 36.6 Å². The molecule has 0 amide bonds. The van der Waals surface area contributed by atoms with E-state index in [4.69, 9.17) is 4.74 Å². The molecule has 0 radical (unpaired) electrons. The highest BCUT2D eigenvalue weighted by Crippen LogP contribution is 2.16. The molecule has 1 aliphatic heterocycles. The third kappa shape index (κ3) is 3.35. The average molecular weight is 257 g/mol. The minimum atomic E-state index is 0.439. The van der Waals surface area contributed by atoms with Gasteiger partial charge >= 0.3 is 0 Å². The van der Waals surface area contributed by atoms with Crippen LogP contribution in [0.2, 0.25) is 0 Å². The maximum absolute atomic E-state index is 5.49. The molecule has 4 heteroatoms. The van der Waals surface area contributed by atoms with Crippen LogP contribution in [-0.4, -0.2) is 29.0 Å². The van der Waals surface area contributed by atoms with Crippen LogP contribution in [0.1, 0.15) is 18.4 Å². The van der Waals surface area contributed by atoms with E-state index in [0.29, 0.717) is 6.04 Å². The third-order valence-electron chi connectivity index (χ3n) is 3.36. The summed E-state index contributed by atoms with van der Waals surface area (Å²) in [6.07, 6.45) is 6.12. The van der Waals surface area contributed by atoms with Crippen molar-refractivity contribution >= 4 is 5.69 Å². The van der Waals surface area contributed by atoms with E-state index in [9.17, 15) is 0 Å². The summed E-state index contributed by atoms with van der Waals surface area (Å²) in [5.74, 6) is 0. The minimum absolute atomic E-state index is 0.439. The number of nitrogens with zero attached hydrogens (tertiary/aromatic N) is 2. The number of hydrogen-bond acceptors (Lipinski definition) is 3. The van der Waals surface area contributed by atoms with Gasteiger partial charge in [0.2, 0.25) is 0 Å². The molecule has 19 heavy (non-hydrogen) atoms. The summed E-state index contributed by atoms with van der Waals surface area (Å²) < 4.78 is 7.43. The molecular formula is C15H19N3O. The van der Waals surface area contributed by atoms with Crippen LogP contribution < -0.4 is 5.32 Å². The quantitative estimate of drug-likeness (QED) is 0.914. The Morgan fingerprint density at radius 3 is 3.16 bits per heavy atom. The van der Waals surface area contributed by atoms with Crippen LogP contribution in [0.5, 0.6) is 0 Å². The molecule has 2 heterocycles. The van der Waals surface area contributed by atoms with Crippen LogP contribution in [0, 0.1) is 0 Å². The molecule has 1 aromatic carbocycles. The lowest BCUT2D eigenvalue weighted by Crippen LogP contribution is -2.29. The van der Waals surface area contributed by atoms with Crippen LogP contribution >= 0.6 is 0 Å². The molecule has 100 valence electrons. The van der Waals surface area contributed by atoms with Crippen LogP contribution in [-0.2, 0) is 11.3 Å². The summed E-state index contributed by atoms with van der Waals surface area (Å²) in [6.45, 7) is 2.52. The van der Waals surface area contributed by atoms with Crippen molar-refractivity contribution < 1.29 is 4.74 Å². The lowest BCUT2D eigenvalue weighted by Gasteiger charge is -2.24. The number of hydrogen-bond donors (Lipinski definition) is 1. The zero-order valence-electron chi connectivity index (χ0n) is 11.0. The van der Waals surface area contributed by atoms with Crippen molar-refractivity contribution in [2.24, 2.45) is 0 Å². The fraction of sp³-hybridized carbons (Fsp3) is 0.400. The molecule has 4 nitrogen and oxygen atoms in total. The number of benzene rings is 1. The molecule has 1 N–H and O–H groups in total. The Morgan fingerprint density at radius 1 is 1.37 bits per heavy atom. The lowest BCUT2D eigenvalue weighted by molar-refractivity contribution is 0.0876. The Balaban J connectivity index is 1.65. The third-order valence-corrected chi connectivity index (χ3v) is 3.36. The summed E-state index contributed by atoms with van der Waals surface area (Å²) in [7, 11) is 0. The monoisotopic (exact) mass is 257 g/mol. The highest BCUT2D eigenvalue weighted by Gasteiger charge is 2.13. The van der Waals surface area contributed by atoms with Gasteiger partial charge < -0.3 is 10.1 Å². The predicted molar refractivity (Wildman–Crippen MR) is 75.2 cm³/mol. The van der Waals surface area contributed by atoms with Gasteiger partial charge in [0.15, 0.2) is 0 Å². The van der Waals surface area contributed by atoms with Crippen molar-refractivity contribution in [1.82, 2.24) is 9.78 Å². The summed E-state index contributed by atoms with van der Waals surface area (Å²) in [6, 6.07) is 10.9. The lowest BCUT2D eigenvalue weighted by atomic mass is 10.1. The number of ether oxygens (including phenoxy) is 1. The molecule has 1 aliphatic rings. The van der Waals surface area contributed by atoms with Crippen molar-refractivity contribution in [3.8, 4) is 0 Å². The van der Waals surface area contributed by atoms with Gasteiger partial charge in [-0.25, -0.2) is 0 Å². The maximum atomic E-state index is 5.49. The first kappa shape index (κ1) is 12.2. The molecule has 1 unspecified atom stereocenters. The van der Waals surface area contributed by atoms with E-state index in [-0.39, 0.29) is 0 Å². The van der Waals surface area contributed by atoms with Crippen LogP contribution in [0.15, 0.2) is 42.7 Å². The maximum Gasteiger partial charge on any atom is 0.0667 e. The average Bonchev–Trinajstić information content (AvgIpc) is 2.93. The van der Waals surface area contributed by atoms with Crippen LogP contribution in [0.3, 0.4) is 0 Å². The summed E-state index contributed by atoms with van der Waals surface area (Å²) >= 11 is 0. The highest BCUT2D eigenvalue weighted by atomic mass is 16.5. The number of aromatic nitrogens is 2. The predicted octanol–water partition coefficient (Wildman–Crippen LogP) is 2.52. The van der Waals surface area contributed by atoms with E-state index >= 15 is 0 Å². The molecule has 0 spiro atoms. The van der Waals surface area contributed by atoms with Gasteiger partial charge in [-0.1, -0.05) is 12.1 Å². The van der Waals surface area contributed by atoms with Gasteiger partial charge in [0.25, 0.3) is 0 Å². The highest BCUT2D eigenvalue weighted by molar-refractivity contribution is 5.46. The SMILES string of the molecule is c1cc(Cn2cccn2)cc(NC2CCCOC2)c1. The fourth-order valence-corrected chi connectivity index (χ4v) is 2.43. The number of anilines is 1. The van der Waals surface area contributed by atoms with Crippen LogP contribution in [0.4, 0.5) is 5.69 Å². The Hall–Kier alpha value is -1.81. The molecular weight excluding hydrogens is 238 g/mol. The largest absolute Gasteiger partial charge is 0.380 e. The van der Waals surface area contributed by atoms with E-state index < -0.39 is 0 Å². The molecule has 0 aliphatic carbocycles. The first-order chi connectivity index (χ1) is 9.40.